The number of fused-ring (bicyclic) bond motifs is 12. The Morgan fingerprint density at radius 3 is 1.16 bits per heavy atom. The summed E-state index contributed by atoms with van der Waals surface area (Å²) >= 11 is 25.2. The molecule has 7 atom stereocenters. The number of piperazine rings is 1. The van der Waals surface area contributed by atoms with E-state index in [2.05, 4.69) is 67.9 Å². The molecule has 0 radical (unpaired) electrons. The number of amides is 4. The molecular formula is C109H124Cl4N12O15. The molecule has 13 aromatic rings. The van der Waals surface area contributed by atoms with Gasteiger partial charge in [-0.3, -0.25) is 24.5 Å². The molecule has 4 amide bonds. The Morgan fingerprint density at radius 1 is 0.436 bits per heavy atom. The summed E-state index contributed by atoms with van der Waals surface area (Å²) in [5, 5.41) is 21.1. The van der Waals surface area contributed by atoms with Gasteiger partial charge >= 0.3 is 24.4 Å². The molecule has 140 heavy (non-hydrogen) atoms. The van der Waals surface area contributed by atoms with E-state index in [0.29, 0.717) is 128 Å². The number of likely N-dealkylation sites (N-methyl/N-ethyl adjacent to an activating group) is 1. The number of methoxy groups -OCH3 is 1. The fourth-order valence-corrected chi connectivity index (χ4v) is 20.5. The fourth-order valence-electron chi connectivity index (χ4n) is 19.8. The van der Waals surface area contributed by atoms with Gasteiger partial charge in [-0.1, -0.05) is 109 Å². The molecule has 4 aromatic heterocycles. The third-order valence-corrected chi connectivity index (χ3v) is 27.8. The molecule has 7 unspecified atom stereocenters. The standard InChI is InChI=1S/C32H34ClN3O4.C28H35ClN4O4.C26H32ClN3O3.C23H23ClN2O4/c1-35-16-3-4-21(19-35)20-39-25-8-5-22(6-9-25)31-30-27(28-18-23(33)7-14-29(28)34-30)15-17-36(31)32(37)40-26-12-10-24(38-2)11-13-26;1-3-36-28(35)33-11-10-23-24-16-20(29)6-9-25(24)30-26(23)27(33)19-4-7-22(8-5-19)37-18-21(34)17-32-14-12-31(2)13-15-32;1-4-32-26(31)30-14-12-21-22-16-19(27)8-11-23(22)29-24(21)25(30)18-6-9-20(10-7-18)33-15-5-13-28-17(2)3;1-2-28-23(27)26-10-9-18-19-11-15(24)5-8-20(19)25-21(18)22(26)14-3-6-16(7-4-14)29-12-17-13-30-17/h5-14,18,21,31,34H,3-4,15-17,19-20H2,1-2H3;4-9,16,21,27,30,34H,3,10-15,17-18H2,1-2H3;6-11,16-17,25,28-29H,4-5,12-15H2,1-3H3;3-8,11,17,22,25H,2,9-10,12-13H2,1H3. The number of hydrogen-bond acceptors (Lipinski definition) is 19. The normalized spacial score (nSPS) is 18.7. The maximum absolute atomic E-state index is 13.6. The van der Waals surface area contributed by atoms with Crippen LogP contribution in [0.25, 0.3) is 43.6 Å². The summed E-state index contributed by atoms with van der Waals surface area (Å²) in [5.74, 6) is 4.85. The van der Waals surface area contributed by atoms with Crippen molar-refractivity contribution in [1.29, 1.82) is 0 Å². The Balaban J connectivity index is 0.000000129. The Bertz CT molecular complexity index is 6410. The first-order valence-corrected chi connectivity index (χ1v) is 50.2. The van der Waals surface area contributed by atoms with Crippen LogP contribution in [0, 0.1) is 5.92 Å². The summed E-state index contributed by atoms with van der Waals surface area (Å²) in [6.07, 6.45) is 4.57. The number of H-pyrrole nitrogens is 4. The lowest BCUT2D eigenvalue weighted by Gasteiger charge is -2.35. The molecule has 7 aliphatic rings. The van der Waals surface area contributed by atoms with Crippen LogP contribution in [0.5, 0.6) is 34.5 Å². The van der Waals surface area contributed by atoms with Crippen molar-refractivity contribution >= 4 is 114 Å². The van der Waals surface area contributed by atoms with Gasteiger partial charge in [-0.25, -0.2) is 19.2 Å². The molecule has 7 aliphatic heterocycles. The summed E-state index contributed by atoms with van der Waals surface area (Å²) in [6, 6.07) is 61.5. The lowest BCUT2D eigenvalue weighted by Crippen LogP contribution is -2.47. The van der Waals surface area contributed by atoms with E-state index >= 15 is 0 Å². The molecular weight excluding hydrogens is 1860 g/mol. The van der Waals surface area contributed by atoms with E-state index in [1.54, 1.807) is 51.0 Å². The molecule has 0 saturated carbocycles. The van der Waals surface area contributed by atoms with E-state index < -0.39 is 12.2 Å². The Hall–Kier alpha value is -11.9. The number of hydrogen-bond donors (Lipinski definition) is 6. The van der Waals surface area contributed by atoms with Gasteiger partial charge in [0.1, 0.15) is 84.1 Å². The lowest BCUT2D eigenvalue weighted by molar-refractivity contribution is 0.0504. The number of nitrogens with zero attached hydrogens (tertiary/aromatic N) is 7. The van der Waals surface area contributed by atoms with Crippen molar-refractivity contribution < 1.29 is 71.7 Å². The molecule has 9 aromatic carbocycles. The van der Waals surface area contributed by atoms with Crippen LogP contribution in [0.1, 0.15) is 145 Å². The SMILES string of the molecule is CCOC(=O)N1CCc2c([nH]c3ccc(Cl)cc23)C1c1ccc(OCC(O)CN2CCN(C)CC2)cc1.CCOC(=O)N1CCc2c([nH]c3ccc(Cl)cc23)C1c1ccc(OCC2CO2)cc1.CCOC(=O)N1CCc2c([nH]c3ccc(Cl)cc23)C1c1ccc(OCCCNC(C)C)cc1.COc1ccc(OC(=O)N2CCc3c([nH]c4ccc(Cl)cc34)C2c2ccc(OCC3CCCN(C)C3)cc2)cc1. The van der Waals surface area contributed by atoms with Gasteiger partial charge in [-0.2, -0.15) is 0 Å². The highest BCUT2D eigenvalue weighted by atomic mass is 35.5. The number of epoxide rings is 1. The van der Waals surface area contributed by atoms with Crippen LogP contribution in [-0.2, 0) is 44.6 Å². The minimum Gasteiger partial charge on any atom is -0.497 e. The highest BCUT2D eigenvalue weighted by molar-refractivity contribution is 6.32. The van der Waals surface area contributed by atoms with E-state index in [0.717, 1.165) is 184 Å². The lowest BCUT2D eigenvalue weighted by atomic mass is 9.92. The van der Waals surface area contributed by atoms with E-state index in [1.807, 2.05) is 191 Å². The molecule has 0 aliphatic carbocycles. The quantitative estimate of drug-likeness (QED) is 0.0167. The predicted octanol–water partition coefficient (Wildman–Crippen LogP) is 21.0. The fraction of sp³-hybridized carbons (Fsp3) is 0.394. The first kappa shape index (κ1) is 99.7. The molecule has 3 fully saturated rings. The molecule has 0 spiro atoms. The van der Waals surface area contributed by atoms with Gasteiger partial charge in [0.05, 0.1) is 46.8 Å². The van der Waals surface area contributed by atoms with Gasteiger partial charge in [-0.05, 0) is 283 Å². The summed E-state index contributed by atoms with van der Waals surface area (Å²) < 4.78 is 56.1. The number of aromatic nitrogens is 4. The minimum absolute atomic E-state index is 0.211. The van der Waals surface area contributed by atoms with Crippen molar-refractivity contribution in [3.63, 3.8) is 0 Å². The van der Waals surface area contributed by atoms with Gasteiger partial charge in [0, 0.05) is 164 Å². The smallest absolute Gasteiger partial charge is 0.416 e. The number of nitrogens with one attached hydrogen (secondary N) is 5. The number of likely N-dealkylation sites (tertiary alicyclic amines) is 1. The molecule has 20 rings (SSSR count). The average Bonchev–Trinajstić information content (AvgIpc) is 1.61. The second-order valence-corrected chi connectivity index (χ2v) is 38.6. The number of aromatic amines is 4. The number of aliphatic hydroxyl groups excluding tert-OH is 1. The van der Waals surface area contributed by atoms with Crippen LogP contribution in [0.3, 0.4) is 0 Å². The van der Waals surface area contributed by atoms with E-state index in [1.165, 1.54) is 35.1 Å². The van der Waals surface area contributed by atoms with Crippen LogP contribution < -0.4 is 33.7 Å². The largest absolute Gasteiger partial charge is 0.497 e. The zero-order chi connectivity index (χ0) is 97.6. The van der Waals surface area contributed by atoms with Crippen molar-refractivity contribution in [2.45, 2.75) is 122 Å². The van der Waals surface area contributed by atoms with Crippen LogP contribution in [0.2, 0.25) is 20.1 Å². The topological polar surface area (TPSA) is 282 Å². The maximum atomic E-state index is 13.6. The number of β-amino-alcohol motifs (C(OH)–C–C–N with tert-alkyl or cyclic N) is 1. The summed E-state index contributed by atoms with van der Waals surface area (Å²) in [6.45, 7) is 23.6. The van der Waals surface area contributed by atoms with Crippen molar-refractivity contribution in [3.8, 4) is 34.5 Å². The van der Waals surface area contributed by atoms with Crippen LogP contribution >= 0.6 is 46.4 Å². The number of rotatable bonds is 26. The molecule has 0 bridgehead atoms. The Kier molecular flexibility index (Phi) is 32.9. The molecule has 11 heterocycles. The third kappa shape index (κ3) is 24.0. The van der Waals surface area contributed by atoms with Crippen LogP contribution in [-0.4, -0.2) is 255 Å². The average molecular weight is 1980 g/mol. The second-order valence-electron chi connectivity index (χ2n) is 36.9. The molecule has 6 N–H and O–H groups in total. The van der Waals surface area contributed by atoms with E-state index in [4.69, 9.17) is 93.8 Å². The van der Waals surface area contributed by atoms with Gasteiger partial charge in [-0.15, -0.1) is 0 Å². The van der Waals surface area contributed by atoms with Gasteiger partial charge < -0.3 is 87.5 Å². The number of carbonyl (C=O) groups is 4. The highest BCUT2D eigenvalue weighted by Crippen LogP contribution is 2.46. The molecule has 738 valence electrons. The van der Waals surface area contributed by atoms with Crippen LogP contribution in [0.15, 0.2) is 194 Å². The number of piperidine rings is 1. The molecule has 27 nitrogen and oxygen atoms in total. The monoisotopic (exact) mass is 1980 g/mol. The number of benzene rings is 9. The predicted molar refractivity (Wildman–Crippen MR) is 548 cm³/mol. The second kappa shape index (κ2) is 46.3. The highest BCUT2D eigenvalue weighted by Gasteiger charge is 2.41. The molecule has 31 heteroatoms. The van der Waals surface area contributed by atoms with E-state index in [-0.39, 0.29) is 55.2 Å². The van der Waals surface area contributed by atoms with Crippen molar-refractivity contribution in [3.05, 3.63) is 281 Å². The minimum atomic E-state index is -0.554. The first-order valence-electron chi connectivity index (χ1n) is 48.7. The number of halogens is 4. The van der Waals surface area contributed by atoms with E-state index in [9.17, 15) is 24.3 Å². The van der Waals surface area contributed by atoms with Gasteiger partial charge in [0.2, 0.25) is 0 Å². The zero-order valence-corrected chi connectivity index (χ0v) is 83.5. The summed E-state index contributed by atoms with van der Waals surface area (Å²) in [5.41, 5.74) is 16.7. The maximum Gasteiger partial charge on any atom is 0.416 e. The van der Waals surface area contributed by atoms with Gasteiger partial charge in [0.15, 0.2) is 0 Å². The van der Waals surface area contributed by atoms with Gasteiger partial charge in [0.25, 0.3) is 0 Å². The molecule has 3 saturated heterocycles. The number of carbonyl (C=O) groups excluding carboxylic acids is 4. The number of ether oxygens (including phenoxy) is 10. The Labute approximate surface area is 836 Å². The number of aliphatic hydroxyl groups is 1. The van der Waals surface area contributed by atoms with Crippen molar-refractivity contribution in [2.75, 3.05) is 153 Å². The third-order valence-electron chi connectivity index (χ3n) is 26.8. The first-order chi connectivity index (χ1) is 68.0. The Morgan fingerprint density at radius 2 is 0.793 bits per heavy atom. The summed E-state index contributed by atoms with van der Waals surface area (Å²) in [7, 11) is 5.90. The summed E-state index contributed by atoms with van der Waals surface area (Å²) in [4.78, 5) is 80.3. The zero-order valence-electron chi connectivity index (χ0n) is 80.5. The van der Waals surface area contributed by atoms with Crippen molar-refractivity contribution in [1.82, 2.24) is 59.6 Å². The van der Waals surface area contributed by atoms with Crippen LogP contribution in [0.4, 0.5) is 19.2 Å². The van der Waals surface area contributed by atoms with Crippen molar-refractivity contribution in [2.24, 2.45) is 5.92 Å².